The molecule has 8 heteroatoms. The van der Waals surface area contributed by atoms with Crippen LogP contribution in [-0.4, -0.2) is 44.6 Å². The monoisotopic (exact) mass is 435 g/mol. The highest BCUT2D eigenvalue weighted by Gasteiger charge is 2.41. The average Bonchev–Trinajstić information content (AvgIpc) is 3.03. The van der Waals surface area contributed by atoms with Crippen molar-refractivity contribution in [2.45, 2.75) is 76.8 Å². The molecule has 1 saturated carbocycles. The minimum atomic E-state index is -3.37. The highest BCUT2D eigenvalue weighted by molar-refractivity contribution is 7.92. The summed E-state index contributed by atoms with van der Waals surface area (Å²) in [4.78, 5) is 26.0. The molecule has 0 radical (unpaired) electrons. The predicted molar refractivity (Wildman–Crippen MR) is 118 cm³/mol. The summed E-state index contributed by atoms with van der Waals surface area (Å²) >= 11 is 0. The Kier molecular flexibility index (Phi) is 6.75. The van der Waals surface area contributed by atoms with Gasteiger partial charge < -0.3 is 10.6 Å². The summed E-state index contributed by atoms with van der Waals surface area (Å²) in [6.07, 6.45) is 7.83. The quantitative estimate of drug-likeness (QED) is 0.644. The maximum atomic E-state index is 13.1. The van der Waals surface area contributed by atoms with E-state index >= 15 is 0 Å². The lowest BCUT2D eigenvalue weighted by Gasteiger charge is -2.36. The number of rotatable bonds is 7. The van der Waals surface area contributed by atoms with Crippen LogP contribution in [0.5, 0.6) is 0 Å². The first-order chi connectivity index (χ1) is 14.2. The minimum Gasteiger partial charge on any atom is -0.354 e. The fourth-order valence-electron chi connectivity index (χ4n) is 4.65. The smallest absolute Gasteiger partial charge is 0.252 e. The molecule has 0 saturated heterocycles. The normalized spacial score (nSPS) is 20.5. The molecule has 3 rings (SSSR count). The van der Waals surface area contributed by atoms with Crippen LogP contribution in [0.1, 0.15) is 74.7 Å². The van der Waals surface area contributed by atoms with E-state index in [2.05, 4.69) is 17.6 Å². The van der Waals surface area contributed by atoms with E-state index in [1.165, 1.54) is 10.6 Å². The van der Waals surface area contributed by atoms with Gasteiger partial charge in [0.1, 0.15) is 5.54 Å². The van der Waals surface area contributed by atoms with Gasteiger partial charge in [0.15, 0.2) is 0 Å². The first-order valence-corrected chi connectivity index (χ1v) is 12.8. The Morgan fingerprint density at radius 2 is 1.90 bits per heavy atom. The van der Waals surface area contributed by atoms with Crippen molar-refractivity contribution < 1.29 is 18.0 Å². The Bertz CT molecular complexity index is 907. The molecule has 0 spiro atoms. The molecule has 0 aromatic heterocycles. The molecule has 2 amide bonds. The third-order valence-electron chi connectivity index (χ3n) is 6.16. The fraction of sp³-hybridized carbons (Fsp3) is 0.636. The van der Waals surface area contributed by atoms with Gasteiger partial charge in [-0.15, -0.1) is 0 Å². The van der Waals surface area contributed by atoms with E-state index < -0.39 is 15.6 Å². The molecule has 1 unspecified atom stereocenters. The molecule has 1 aliphatic heterocycles. The van der Waals surface area contributed by atoms with Crippen LogP contribution in [0.25, 0.3) is 0 Å². The van der Waals surface area contributed by atoms with Crippen molar-refractivity contribution in [2.24, 2.45) is 0 Å². The van der Waals surface area contributed by atoms with Gasteiger partial charge in [-0.1, -0.05) is 32.6 Å². The van der Waals surface area contributed by atoms with E-state index in [9.17, 15) is 18.0 Å². The van der Waals surface area contributed by atoms with Crippen molar-refractivity contribution in [3.63, 3.8) is 0 Å². The lowest BCUT2D eigenvalue weighted by atomic mass is 9.80. The first kappa shape index (κ1) is 22.6. The number of hydrogen-bond acceptors (Lipinski definition) is 4. The number of nitrogens with zero attached hydrogens (tertiary/aromatic N) is 1. The second-order valence-corrected chi connectivity index (χ2v) is 10.5. The molecule has 1 aromatic carbocycles. The van der Waals surface area contributed by atoms with Gasteiger partial charge in [-0.05, 0) is 56.4 Å². The van der Waals surface area contributed by atoms with Crippen LogP contribution in [0.15, 0.2) is 18.2 Å². The Hall–Kier alpha value is -2.09. The van der Waals surface area contributed by atoms with Crippen LogP contribution >= 0.6 is 0 Å². The Labute approximate surface area is 179 Å². The Balaban J connectivity index is 1.80. The summed E-state index contributed by atoms with van der Waals surface area (Å²) in [7, 11) is -3.37. The van der Waals surface area contributed by atoms with Gasteiger partial charge in [0.25, 0.3) is 5.91 Å². The van der Waals surface area contributed by atoms with E-state index in [0.29, 0.717) is 37.1 Å². The van der Waals surface area contributed by atoms with Crippen molar-refractivity contribution in [3.8, 4) is 0 Å². The van der Waals surface area contributed by atoms with Crippen molar-refractivity contribution >= 4 is 27.5 Å². The molecule has 166 valence electrons. The zero-order chi connectivity index (χ0) is 21.9. The van der Waals surface area contributed by atoms with E-state index in [1.54, 1.807) is 18.2 Å². The maximum Gasteiger partial charge on any atom is 0.252 e. The maximum absolute atomic E-state index is 13.1. The van der Waals surface area contributed by atoms with E-state index in [0.717, 1.165) is 37.7 Å². The number of benzene rings is 1. The number of nitrogens with one attached hydrogen (secondary N) is 2. The molecular formula is C22H33N3O4S. The number of carbonyl (C=O) groups is 2. The summed E-state index contributed by atoms with van der Waals surface area (Å²) in [5.41, 5.74) is 1.06. The van der Waals surface area contributed by atoms with Gasteiger partial charge in [0.05, 0.1) is 11.9 Å². The number of hydrogen-bond donors (Lipinski definition) is 2. The molecular weight excluding hydrogens is 402 g/mol. The topological polar surface area (TPSA) is 95.6 Å². The van der Waals surface area contributed by atoms with Gasteiger partial charge in [-0.25, -0.2) is 8.42 Å². The average molecular weight is 436 g/mol. The van der Waals surface area contributed by atoms with E-state index in [4.69, 9.17) is 0 Å². The zero-order valence-corrected chi connectivity index (χ0v) is 19.0. The molecule has 1 aromatic rings. The fourth-order valence-corrected chi connectivity index (χ4v) is 5.91. The van der Waals surface area contributed by atoms with Crippen LogP contribution in [-0.2, 0) is 21.2 Å². The van der Waals surface area contributed by atoms with Crippen molar-refractivity contribution in [3.05, 3.63) is 29.3 Å². The third kappa shape index (κ3) is 4.63. The molecule has 30 heavy (non-hydrogen) atoms. The standard InChI is InChI=1S/C22H33N3O4S/c1-4-5-13-23-21(27)22(11-7-6-8-12-22)24-20(26)17-9-10-19-18(15-17)14-16(2)25(19)30(3,28)29/h9-10,15-16H,4-8,11-14H2,1-3H3,(H,23,27)(H,24,26). The molecule has 1 atom stereocenters. The van der Waals surface area contributed by atoms with Crippen LogP contribution in [0.2, 0.25) is 0 Å². The number of amides is 2. The second kappa shape index (κ2) is 8.96. The summed E-state index contributed by atoms with van der Waals surface area (Å²) in [5, 5.41) is 6.03. The van der Waals surface area contributed by atoms with E-state index in [-0.39, 0.29) is 17.9 Å². The van der Waals surface area contributed by atoms with Gasteiger partial charge in [0, 0.05) is 18.2 Å². The molecule has 7 nitrogen and oxygen atoms in total. The van der Waals surface area contributed by atoms with Crippen LogP contribution < -0.4 is 14.9 Å². The number of anilines is 1. The third-order valence-corrected chi connectivity index (χ3v) is 7.43. The number of sulfonamides is 1. The summed E-state index contributed by atoms with van der Waals surface area (Å²) in [6.45, 7) is 4.55. The van der Waals surface area contributed by atoms with Gasteiger partial charge >= 0.3 is 0 Å². The molecule has 0 bridgehead atoms. The van der Waals surface area contributed by atoms with E-state index in [1.807, 2.05) is 6.92 Å². The molecule has 2 aliphatic rings. The van der Waals surface area contributed by atoms with Crippen molar-refractivity contribution in [2.75, 3.05) is 17.1 Å². The predicted octanol–water partition coefficient (Wildman–Crippen LogP) is 2.75. The highest BCUT2D eigenvalue weighted by Crippen LogP contribution is 2.35. The lowest BCUT2D eigenvalue weighted by molar-refractivity contribution is -0.128. The SMILES string of the molecule is CCCCNC(=O)C1(NC(=O)c2ccc3c(c2)CC(C)N3S(C)(=O)=O)CCCCC1. The molecule has 1 fully saturated rings. The summed E-state index contributed by atoms with van der Waals surface area (Å²) in [6, 6.07) is 4.93. The number of fused-ring (bicyclic) bond motifs is 1. The molecule has 1 heterocycles. The van der Waals surface area contributed by atoms with Gasteiger partial charge in [-0.3, -0.25) is 13.9 Å². The van der Waals surface area contributed by atoms with Crippen LogP contribution in [0.3, 0.4) is 0 Å². The zero-order valence-electron chi connectivity index (χ0n) is 18.2. The second-order valence-electron chi connectivity index (χ2n) is 8.66. The van der Waals surface area contributed by atoms with Crippen LogP contribution in [0.4, 0.5) is 5.69 Å². The number of unbranched alkanes of at least 4 members (excludes halogenated alkanes) is 1. The molecule has 2 N–H and O–H groups in total. The van der Waals surface area contributed by atoms with Crippen molar-refractivity contribution in [1.82, 2.24) is 10.6 Å². The molecule has 1 aliphatic carbocycles. The highest BCUT2D eigenvalue weighted by atomic mass is 32.2. The largest absolute Gasteiger partial charge is 0.354 e. The summed E-state index contributed by atoms with van der Waals surface area (Å²) in [5.74, 6) is -0.377. The minimum absolute atomic E-state index is 0.0953. The Morgan fingerprint density at radius 3 is 2.53 bits per heavy atom. The van der Waals surface area contributed by atoms with Crippen molar-refractivity contribution in [1.29, 1.82) is 0 Å². The van der Waals surface area contributed by atoms with Gasteiger partial charge in [0.2, 0.25) is 15.9 Å². The first-order valence-electron chi connectivity index (χ1n) is 10.9. The van der Waals surface area contributed by atoms with Crippen LogP contribution in [0, 0.1) is 0 Å². The Morgan fingerprint density at radius 1 is 1.20 bits per heavy atom. The summed E-state index contributed by atoms with van der Waals surface area (Å²) < 4.78 is 25.6. The van der Waals surface area contributed by atoms with Gasteiger partial charge in [-0.2, -0.15) is 0 Å². The number of carbonyl (C=O) groups excluding carboxylic acids is 2. The lowest BCUT2D eigenvalue weighted by Crippen LogP contribution is -2.59.